The summed E-state index contributed by atoms with van der Waals surface area (Å²) in [6, 6.07) is 12.7. The van der Waals surface area contributed by atoms with Crippen molar-refractivity contribution in [1.82, 2.24) is 0 Å². The Morgan fingerprint density at radius 3 is 1.52 bits per heavy atom. The molecule has 0 radical (unpaired) electrons. The number of benzene rings is 2. The molecule has 0 N–H and O–H groups in total. The normalized spacial score (nSPS) is 25.6. The monoisotopic (exact) mass is 534 g/mol. The maximum Gasteiger partial charge on any atom is 0.0887 e. The van der Waals surface area contributed by atoms with Gasteiger partial charge in [0.15, 0.2) is 0 Å². The van der Waals surface area contributed by atoms with Gasteiger partial charge < -0.3 is 0 Å². The second-order valence-electron chi connectivity index (χ2n) is 6.97. The minimum absolute atomic E-state index is 0. The van der Waals surface area contributed by atoms with Gasteiger partial charge in [-0.2, -0.15) is 0 Å². The van der Waals surface area contributed by atoms with Crippen molar-refractivity contribution in [3.63, 3.8) is 0 Å². The third-order valence-corrected chi connectivity index (χ3v) is 6.36. The predicted molar refractivity (Wildman–Crippen MR) is 105 cm³/mol. The van der Waals surface area contributed by atoms with Gasteiger partial charge in [0.25, 0.3) is 0 Å². The first-order valence-corrected chi connectivity index (χ1v) is 9.15. The van der Waals surface area contributed by atoms with Crippen LogP contribution < -0.4 is 0 Å². The summed E-state index contributed by atoms with van der Waals surface area (Å²) in [4.78, 5) is -0.913. The zero-order valence-electron chi connectivity index (χ0n) is 14.4. The third kappa shape index (κ3) is 3.13. The summed E-state index contributed by atoms with van der Waals surface area (Å²) in [5, 5.41) is 0. The molecule has 0 spiro atoms. The van der Waals surface area contributed by atoms with E-state index in [4.69, 9.17) is 23.2 Å². The maximum atomic E-state index is 7.04. The van der Waals surface area contributed by atoms with E-state index in [2.05, 4.69) is 74.5 Å². The van der Waals surface area contributed by atoms with Crippen LogP contribution in [0.2, 0.25) is 0 Å². The van der Waals surface area contributed by atoms with Crippen molar-refractivity contribution in [3.05, 3.63) is 81.9 Å². The number of hydrogen-bond donors (Lipinski definition) is 0. The molecular formula is C22H20Cl2Hf. The zero-order valence-corrected chi connectivity index (χ0v) is 19.5. The van der Waals surface area contributed by atoms with Crippen molar-refractivity contribution in [1.29, 1.82) is 0 Å². The van der Waals surface area contributed by atoms with E-state index in [1.807, 2.05) is 0 Å². The number of alkyl halides is 2. The number of halogens is 2. The van der Waals surface area contributed by atoms with E-state index in [1.54, 1.807) is 0 Å². The first-order valence-electron chi connectivity index (χ1n) is 8.39. The van der Waals surface area contributed by atoms with Gasteiger partial charge >= 0.3 is 0 Å². The SMILES string of the molecule is Cc1cccc2c1C(Cl)(CCC1(Cl)C=Cc3cccc(C)c31)C=C2.[Hf]. The van der Waals surface area contributed by atoms with Gasteiger partial charge in [-0.15, -0.1) is 23.2 Å². The Balaban J connectivity index is 0.00000182. The summed E-state index contributed by atoms with van der Waals surface area (Å²) in [6.45, 7) is 4.27. The molecule has 0 nitrogen and oxygen atoms in total. The van der Waals surface area contributed by atoms with Crippen molar-refractivity contribution >= 4 is 35.4 Å². The molecule has 2 aliphatic carbocycles. The van der Waals surface area contributed by atoms with Crippen molar-refractivity contribution in [2.24, 2.45) is 0 Å². The first kappa shape index (κ1) is 19.1. The predicted octanol–water partition coefficient (Wildman–Crippen LogP) is 6.70. The molecule has 0 fully saturated rings. The van der Waals surface area contributed by atoms with E-state index in [9.17, 15) is 0 Å². The summed E-state index contributed by atoms with van der Waals surface area (Å²) >= 11 is 14.1. The van der Waals surface area contributed by atoms with Gasteiger partial charge in [-0.1, -0.05) is 60.7 Å². The molecule has 0 saturated heterocycles. The molecule has 25 heavy (non-hydrogen) atoms. The van der Waals surface area contributed by atoms with Crippen LogP contribution in [0.3, 0.4) is 0 Å². The van der Waals surface area contributed by atoms with Crippen molar-refractivity contribution < 1.29 is 25.8 Å². The van der Waals surface area contributed by atoms with Crippen LogP contribution >= 0.6 is 23.2 Å². The molecule has 2 aliphatic rings. The zero-order chi connectivity index (χ0) is 16.9. The Hall–Kier alpha value is -0.630. The number of aryl methyl sites for hydroxylation is 2. The van der Waals surface area contributed by atoms with Crippen LogP contribution in [0, 0.1) is 13.8 Å². The van der Waals surface area contributed by atoms with Gasteiger partial charge in [0, 0.05) is 25.8 Å². The topological polar surface area (TPSA) is 0 Å². The van der Waals surface area contributed by atoms with Crippen LogP contribution in [0.5, 0.6) is 0 Å². The number of fused-ring (bicyclic) bond motifs is 2. The number of rotatable bonds is 3. The van der Waals surface area contributed by atoms with Gasteiger partial charge in [-0.3, -0.25) is 0 Å². The standard InChI is InChI=1S/C22H20Cl2.Hf/c1-15-5-3-7-17-9-11-21(23,19(15)17)13-14-22(24)12-10-18-8-4-6-16(2)20(18)22;/h3-12H,13-14H2,1-2H3;. The molecule has 2 aromatic rings. The van der Waals surface area contributed by atoms with Gasteiger partial charge in [0.2, 0.25) is 0 Å². The Labute approximate surface area is 178 Å². The summed E-state index contributed by atoms with van der Waals surface area (Å²) in [6.07, 6.45) is 10.2. The fourth-order valence-corrected chi connectivity index (χ4v) is 5.02. The van der Waals surface area contributed by atoms with Gasteiger partial charge in [0.1, 0.15) is 0 Å². The first-order chi connectivity index (χ1) is 11.4. The van der Waals surface area contributed by atoms with Crippen LogP contribution in [0.1, 0.15) is 46.2 Å². The van der Waals surface area contributed by atoms with Crippen molar-refractivity contribution in [2.45, 2.75) is 36.4 Å². The third-order valence-electron chi connectivity index (χ3n) is 5.35. The Kier molecular flexibility index (Phi) is 5.23. The fraction of sp³-hybridized carbons (Fsp3) is 0.273. The smallest absolute Gasteiger partial charge is 0.0887 e. The fourth-order valence-electron chi connectivity index (χ4n) is 4.19. The van der Waals surface area contributed by atoms with E-state index in [0.717, 1.165) is 12.8 Å². The Bertz CT molecular complexity index is 810. The van der Waals surface area contributed by atoms with Crippen LogP contribution in [-0.4, -0.2) is 0 Å². The molecule has 2 unspecified atom stereocenters. The molecule has 0 saturated carbocycles. The van der Waals surface area contributed by atoms with Crippen LogP contribution in [0.4, 0.5) is 0 Å². The second-order valence-corrected chi connectivity index (χ2v) is 8.32. The van der Waals surface area contributed by atoms with Crippen LogP contribution in [0.25, 0.3) is 12.2 Å². The molecule has 126 valence electrons. The molecule has 0 aromatic heterocycles. The molecule has 2 atom stereocenters. The van der Waals surface area contributed by atoms with E-state index < -0.39 is 9.75 Å². The largest absolute Gasteiger partial charge is 0.109 e. The Morgan fingerprint density at radius 1 is 0.720 bits per heavy atom. The van der Waals surface area contributed by atoms with Gasteiger partial charge in [-0.05, 0) is 60.1 Å². The summed E-state index contributed by atoms with van der Waals surface area (Å²) in [5.41, 5.74) is 7.42. The molecule has 3 heteroatoms. The number of allylic oxidation sites excluding steroid dienone is 2. The maximum absolute atomic E-state index is 7.04. The molecule has 0 aliphatic heterocycles. The molecule has 0 heterocycles. The molecule has 2 aromatic carbocycles. The van der Waals surface area contributed by atoms with Crippen molar-refractivity contribution in [3.8, 4) is 0 Å². The average molecular weight is 534 g/mol. The molecule has 0 bridgehead atoms. The summed E-state index contributed by atoms with van der Waals surface area (Å²) < 4.78 is 0. The van der Waals surface area contributed by atoms with Gasteiger partial charge in [0.05, 0.1) is 9.75 Å². The second kappa shape index (κ2) is 6.83. The molecular weight excluding hydrogens is 514 g/mol. The Morgan fingerprint density at radius 2 is 1.12 bits per heavy atom. The van der Waals surface area contributed by atoms with Crippen LogP contribution in [-0.2, 0) is 35.6 Å². The van der Waals surface area contributed by atoms with Gasteiger partial charge in [-0.25, -0.2) is 0 Å². The average Bonchev–Trinajstić information content (AvgIpc) is 3.07. The van der Waals surface area contributed by atoms with E-state index in [0.29, 0.717) is 0 Å². The molecule has 4 rings (SSSR count). The van der Waals surface area contributed by atoms with E-state index in [1.165, 1.54) is 33.4 Å². The quantitative estimate of drug-likeness (QED) is 0.304. The molecule has 0 amide bonds. The number of hydrogen-bond acceptors (Lipinski definition) is 0. The van der Waals surface area contributed by atoms with E-state index >= 15 is 0 Å². The van der Waals surface area contributed by atoms with Crippen molar-refractivity contribution in [2.75, 3.05) is 0 Å². The summed E-state index contributed by atoms with van der Waals surface area (Å²) in [7, 11) is 0. The summed E-state index contributed by atoms with van der Waals surface area (Å²) in [5.74, 6) is 0. The van der Waals surface area contributed by atoms with Crippen LogP contribution in [0.15, 0.2) is 48.6 Å². The minimum atomic E-state index is -0.457. The minimum Gasteiger partial charge on any atom is -0.109 e. The van der Waals surface area contributed by atoms with E-state index in [-0.39, 0.29) is 25.8 Å².